The summed E-state index contributed by atoms with van der Waals surface area (Å²) in [5.74, 6) is 0.595. The highest BCUT2D eigenvalue weighted by Crippen LogP contribution is 2.26. The lowest BCUT2D eigenvalue weighted by Crippen LogP contribution is -2.50. The van der Waals surface area contributed by atoms with E-state index in [2.05, 4.69) is 5.32 Å². The molecule has 0 amide bonds. The Labute approximate surface area is 87.2 Å². The van der Waals surface area contributed by atoms with Crippen LogP contribution < -0.4 is 10.1 Å². The second-order valence-electron chi connectivity index (χ2n) is 3.16. The highest BCUT2D eigenvalue weighted by Gasteiger charge is 2.19. The zero-order chi connectivity index (χ0) is 9.97. The van der Waals surface area contributed by atoms with E-state index >= 15 is 0 Å². The van der Waals surface area contributed by atoms with Crippen molar-refractivity contribution in [2.24, 2.45) is 0 Å². The summed E-state index contributed by atoms with van der Waals surface area (Å²) in [6.45, 7) is 1.68. The molecule has 0 bridgehead atoms. The summed E-state index contributed by atoms with van der Waals surface area (Å²) in [4.78, 5) is 0. The minimum Gasteiger partial charge on any atom is -0.486 e. The average molecular weight is 209 g/mol. The van der Waals surface area contributed by atoms with E-state index < -0.39 is 0 Å². The maximum atomic E-state index is 8.70. The Morgan fingerprint density at radius 3 is 2.86 bits per heavy atom. The molecule has 72 valence electrons. The van der Waals surface area contributed by atoms with Gasteiger partial charge in [-0.15, -0.1) is 0 Å². The molecule has 1 aliphatic rings. The van der Waals surface area contributed by atoms with Crippen LogP contribution in [0.1, 0.15) is 5.56 Å². The number of hydrogen-bond donors (Lipinski definition) is 1. The summed E-state index contributed by atoms with van der Waals surface area (Å²) < 4.78 is 5.58. The lowest BCUT2D eigenvalue weighted by molar-refractivity contribution is 0.142. The van der Waals surface area contributed by atoms with E-state index in [1.54, 1.807) is 18.2 Å². The molecule has 2 rings (SSSR count). The van der Waals surface area contributed by atoms with Crippen molar-refractivity contribution in [3.05, 3.63) is 28.8 Å². The fourth-order valence-electron chi connectivity index (χ4n) is 1.19. The molecule has 0 radical (unpaired) electrons. The molecule has 0 unspecified atom stereocenters. The van der Waals surface area contributed by atoms with Crippen LogP contribution in [0.4, 0.5) is 0 Å². The molecule has 4 heteroatoms. The van der Waals surface area contributed by atoms with Gasteiger partial charge in [0.1, 0.15) is 11.9 Å². The van der Waals surface area contributed by atoms with Crippen molar-refractivity contribution in [1.82, 2.24) is 5.32 Å². The molecule has 1 aromatic carbocycles. The van der Waals surface area contributed by atoms with Crippen LogP contribution in [0, 0.1) is 11.3 Å². The topological polar surface area (TPSA) is 45.0 Å². The van der Waals surface area contributed by atoms with Gasteiger partial charge in [0.05, 0.1) is 16.7 Å². The lowest BCUT2D eigenvalue weighted by Gasteiger charge is -2.28. The Morgan fingerprint density at radius 2 is 2.29 bits per heavy atom. The van der Waals surface area contributed by atoms with Crippen molar-refractivity contribution in [3.63, 3.8) is 0 Å². The van der Waals surface area contributed by atoms with Crippen molar-refractivity contribution < 1.29 is 4.74 Å². The van der Waals surface area contributed by atoms with Gasteiger partial charge in [0, 0.05) is 13.1 Å². The Balaban J connectivity index is 2.18. The average Bonchev–Trinajstić information content (AvgIpc) is 2.14. The second kappa shape index (κ2) is 3.87. The van der Waals surface area contributed by atoms with Gasteiger partial charge in [0.2, 0.25) is 0 Å². The number of nitriles is 1. The van der Waals surface area contributed by atoms with Gasteiger partial charge in [0.25, 0.3) is 0 Å². The van der Waals surface area contributed by atoms with Crippen LogP contribution in [0.25, 0.3) is 0 Å². The summed E-state index contributed by atoms with van der Waals surface area (Å²) in [7, 11) is 0. The van der Waals surface area contributed by atoms with E-state index in [1.165, 1.54) is 0 Å². The van der Waals surface area contributed by atoms with Crippen molar-refractivity contribution in [2.45, 2.75) is 6.10 Å². The van der Waals surface area contributed by atoms with Crippen LogP contribution in [0.5, 0.6) is 5.75 Å². The lowest BCUT2D eigenvalue weighted by atomic mass is 10.2. The SMILES string of the molecule is N#Cc1ccc(Cl)c(OC2CNC2)c1. The number of ether oxygens (including phenoxy) is 1. The first-order valence-electron chi connectivity index (χ1n) is 4.36. The number of hydrogen-bond acceptors (Lipinski definition) is 3. The van der Waals surface area contributed by atoms with E-state index in [9.17, 15) is 0 Å². The maximum Gasteiger partial charge on any atom is 0.139 e. The number of benzene rings is 1. The van der Waals surface area contributed by atoms with E-state index in [0.717, 1.165) is 13.1 Å². The molecule has 1 heterocycles. The van der Waals surface area contributed by atoms with E-state index in [1.807, 2.05) is 6.07 Å². The first kappa shape index (κ1) is 9.32. The Bertz CT molecular complexity index is 382. The molecule has 1 aromatic rings. The van der Waals surface area contributed by atoms with Crippen LogP contribution in [0.2, 0.25) is 5.02 Å². The van der Waals surface area contributed by atoms with Gasteiger partial charge in [-0.2, -0.15) is 5.26 Å². The minimum atomic E-state index is 0.182. The van der Waals surface area contributed by atoms with Crippen LogP contribution in [-0.2, 0) is 0 Å². The third kappa shape index (κ3) is 1.82. The standard InChI is InChI=1S/C10H9ClN2O/c11-9-2-1-7(4-12)3-10(9)14-8-5-13-6-8/h1-3,8,13H,5-6H2. The maximum absolute atomic E-state index is 8.70. The predicted molar refractivity (Wildman–Crippen MR) is 53.5 cm³/mol. The molecule has 1 saturated heterocycles. The Hall–Kier alpha value is -1.24. The largest absolute Gasteiger partial charge is 0.486 e. The molecule has 1 fully saturated rings. The minimum absolute atomic E-state index is 0.182. The molecule has 0 atom stereocenters. The second-order valence-corrected chi connectivity index (χ2v) is 3.56. The monoisotopic (exact) mass is 208 g/mol. The normalized spacial score (nSPS) is 15.7. The van der Waals surface area contributed by atoms with Gasteiger partial charge >= 0.3 is 0 Å². The van der Waals surface area contributed by atoms with Gasteiger partial charge in [-0.1, -0.05) is 11.6 Å². The highest BCUT2D eigenvalue weighted by atomic mass is 35.5. The molecular weight excluding hydrogens is 200 g/mol. The van der Waals surface area contributed by atoms with E-state index in [0.29, 0.717) is 16.3 Å². The third-order valence-electron chi connectivity index (χ3n) is 2.10. The Kier molecular flexibility index (Phi) is 2.58. The first-order valence-corrected chi connectivity index (χ1v) is 4.74. The molecular formula is C10H9ClN2O. The molecule has 3 nitrogen and oxygen atoms in total. The fourth-order valence-corrected chi connectivity index (χ4v) is 1.35. The van der Waals surface area contributed by atoms with Gasteiger partial charge in [-0.3, -0.25) is 0 Å². The summed E-state index contributed by atoms with van der Waals surface area (Å²) in [5, 5.41) is 12.3. The zero-order valence-electron chi connectivity index (χ0n) is 7.46. The Morgan fingerprint density at radius 1 is 1.50 bits per heavy atom. The van der Waals surface area contributed by atoms with Gasteiger partial charge in [-0.25, -0.2) is 0 Å². The highest BCUT2D eigenvalue weighted by molar-refractivity contribution is 6.32. The van der Waals surface area contributed by atoms with Gasteiger partial charge in [-0.05, 0) is 18.2 Å². The van der Waals surface area contributed by atoms with Crippen molar-refractivity contribution in [2.75, 3.05) is 13.1 Å². The van der Waals surface area contributed by atoms with E-state index in [4.69, 9.17) is 21.6 Å². The number of halogens is 1. The predicted octanol–water partition coefficient (Wildman–Crippen LogP) is 1.56. The van der Waals surface area contributed by atoms with Crippen LogP contribution in [0.3, 0.4) is 0 Å². The molecule has 1 N–H and O–H groups in total. The van der Waals surface area contributed by atoms with Gasteiger partial charge < -0.3 is 10.1 Å². The molecule has 0 aliphatic carbocycles. The van der Waals surface area contributed by atoms with Crippen molar-refractivity contribution in [3.8, 4) is 11.8 Å². The summed E-state index contributed by atoms with van der Waals surface area (Å²) >= 11 is 5.92. The zero-order valence-corrected chi connectivity index (χ0v) is 8.21. The quantitative estimate of drug-likeness (QED) is 0.803. The molecule has 0 spiro atoms. The molecule has 14 heavy (non-hydrogen) atoms. The summed E-state index contributed by atoms with van der Waals surface area (Å²) in [6, 6.07) is 7.07. The molecule has 0 aromatic heterocycles. The van der Waals surface area contributed by atoms with Crippen molar-refractivity contribution in [1.29, 1.82) is 5.26 Å². The summed E-state index contributed by atoms with van der Waals surface area (Å²) in [6.07, 6.45) is 0.182. The summed E-state index contributed by atoms with van der Waals surface area (Å²) in [5.41, 5.74) is 0.566. The van der Waals surface area contributed by atoms with E-state index in [-0.39, 0.29) is 6.10 Å². The third-order valence-corrected chi connectivity index (χ3v) is 2.41. The smallest absolute Gasteiger partial charge is 0.139 e. The number of nitrogens with zero attached hydrogens (tertiary/aromatic N) is 1. The van der Waals surface area contributed by atoms with Gasteiger partial charge in [0.15, 0.2) is 0 Å². The van der Waals surface area contributed by atoms with Crippen LogP contribution >= 0.6 is 11.6 Å². The first-order chi connectivity index (χ1) is 6.79. The molecule has 1 aliphatic heterocycles. The van der Waals surface area contributed by atoms with Crippen LogP contribution in [-0.4, -0.2) is 19.2 Å². The van der Waals surface area contributed by atoms with Crippen molar-refractivity contribution >= 4 is 11.6 Å². The number of nitrogens with one attached hydrogen (secondary N) is 1. The van der Waals surface area contributed by atoms with Crippen LogP contribution in [0.15, 0.2) is 18.2 Å². The number of rotatable bonds is 2. The fraction of sp³-hybridized carbons (Fsp3) is 0.300. The molecule has 0 saturated carbocycles.